The smallest absolute Gasteiger partial charge is 0.313 e. The highest BCUT2D eigenvalue weighted by Crippen LogP contribution is 2.29. The zero-order valence-corrected chi connectivity index (χ0v) is 20.1. The molecule has 0 aliphatic rings. The number of ether oxygens (including phenoxy) is 2. The van der Waals surface area contributed by atoms with Gasteiger partial charge in [0.05, 0.1) is 29.8 Å². The molecule has 2 rings (SSSR count). The number of aliphatic hydroxyl groups excluding tert-OH is 1. The van der Waals surface area contributed by atoms with Crippen LogP contribution in [0.3, 0.4) is 0 Å². The number of aliphatic hydroxyl groups is 1. The minimum Gasteiger partial charge on any atom is -0.497 e. The van der Waals surface area contributed by atoms with Gasteiger partial charge in [-0.1, -0.05) is 36.8 Å². The van der Waals surface area contributed by atoms with Gasteiger partial charge in [0.2, 0.25) is 0 Å². The molecule has 2 aromatic rings. The highest BCUT2D eigenvalue weighted by Gasteiger charge is 2.40. The van der Waals surface area contributed by atoms with Crippen LogP contribution < -0.4 is 4.74 Å². The van der Waals surface area contributed by atoms with Crippen LogP contribution >= 0.6 is 0 Å². The Hall–Kier alpha value is -2.38. The largest absolute Gasteiger partial charge is 0.497 e. The number of esters is 1. The van der Waals surface area contributed by atoms with Crippen molar-refractivity contribution in [2.24, 2.45) is 5.92 Å². The van der Waals surface area contributed by atoms with E-state index in [1.54, 1.807) is 32.9 Å². The number of sulfone groups is 1. The van der Waals surface area contributed by atoms with Gasteiger partial charge < -0.3 is 14.6 Å². The van der Waals surface area contributed by atoms with Crippen LogP contribution in [-0.4, -0.2) is 44.1 Å². The Kier molecular flexibility index (Phi) is 9.28. The first-order valence-corrected chi connectivity index (χ1v) is 12.4. The summed E-state index contributed by atoms with van der Waals surface area (Å²) >= 11 is 0. The molecule has 1 N–H and O–H groups in total. The van der Waals surface area contributed by atoms with Crippen molar-refractivity contribution in [2.75, 3.05) is 13.7 Å². The lowest BCUT2D eigenvalue weighted by Gasteiger charge is -2.28. The molecule has 7 heteroatoms. The molecule has 32 heavy (non-hydrogen) atoms. The maximum Gasteiger partial charge on any atom is 0.313 e. The quantitative estimate of drug-likeness (QED) is 0.398. The molecular weight excluding hydrogens is 428 g/mol. The number of methoxy groups -OCH3 is 1. The topological polar surface area (TPSA) is 89.9 Å². The van der Waals surface area contributed by atoms with Gasteiger partial charge in [-0.3, -0.25) is 4.79 Å². The molecule has 0 radical (unpaired) electrons. The van der Waals surface area contributed by atoms with E-state index in [9.17, 15) is 18.3 Å². The summed E-state index contributed by atoms with van der Waals surface area (Å²) in [6, 6.07) is 16.0. The summed E-state index contributed by atoms with van der Waals surface area (Å²) in [7, 11) is -2.40. The summed E-state index contributed by atoms with van der Waals surface area (Å²) in [6.07, 6.45) is 2.41. The van der Waals surface area contributed by atoms with Gasteiger partial charge in [0.25, 0.3) is 0 Å². The summed E-state index contributed by atoms with van der Waals surface area (Å²) in [5.74, 6) is -1.34. The molecule has 0 unspecified atom stereocenters. The van der Waals surface area contributed by atoms with E-state index in [1.165, 1.54) is 24.8 Å². The van der Waals surface area contributed by atoms with Gasteiger partial charge in [-0.25, -0.2) is 8.42 Å². The Morgan fingerprint density at radius 2 is 1.62 bits per heavy atom. The van der Waals surface area contributed by atoms with Gasteiger partial charge in [-0.05, 0) is 69.9 Å². The molecule has 2 aromatic carbocycles. The zero-order chi connectivity index (χ0) is 23.8. The average molecular weight is 463 g/mol. The number of benzene rings is 2. The second-order valence-electron chi connectivity index (χ2n) is 8.81. The van der Waals surface area contributed by atoms with E-state index in [0.717, 1.165) is 12.8 Å². The minimum absolute atomic E-state index is 0.0911. The average Bonchev–Trinajstić information content (AvgIpc) is 2.75. The summed E-state index contributed by atoms with van der Waals surface area (Å²) in [5, 5.41) is 8.91. The normalized spacial score (nSPS) is 13.9. The van der Waals surface area contributed by atoms with E-state index < -0.39 is 39.2 Å². The molecule has 0 heterocycles. The molecule has 0 saturated heterocycles. The van der Waals surface area contributed by atoms with Gasteiger partial charge in [0.15, 0.2) is 9.84 Å². The summed E-state index contributed by atoms with van der Waals surface area (Å²) in [4.78, 5) is 12.9. The van der Waals surface area contributed by atoms with Gasteiger partial charge in [-0.15, -0.1) is 0 Å². The molecule has 0 fully saturated rings. The van der Waals surface area contributed by atoms with Crippen molar-refractivity contribution < 1.29 is 27.8 Å². The predicted octanol–water partition coefficient (Wildman–Crippen LogP) is 4.20. The van der Waals surface area contributed by atoms with Crippen LogP contribution in [0, 0.1) is 5.92 Å². The van der Waals surface area contributed by atoms with Gasteiger partial charge in [0.1, 0.15) is 11.4 Å². The summed E-state index contributed by atoms with van der Waals surface area (Å²) < 4.78 is 37.6. The molecule has 2 atom stereocenters. The SMILES string of the molecule is COc1ccc(S(=O)(=O)[C@H](CCCCc2ccccc2)[C@H](CO)C(=O)OC(C)(C)C)cc1. The standard InChI is InChI=1S/C25H34O6S/c1-25(2,3)31-24(27)22(18-26)23(13-9-8-12-19-10-6-5-7-11-19)32(28,29)21-16-14-20(30-4)15-17-21/h5-7,10-11,14-17,22-23,26H,8-9,12-13,18H2,1-4H3/t22-,23+/m0/s1. The fourth-order valence-electron chi connectivity index (χ4n) is 3.55. The molecule has 0 amide bonds. The van der Waals surface area contributed by atoms with Gasteiger partial charge in [0, 0.05) is 0 Å². The number of hydrogen-bond donors (Lipinski definition) is 1. The van der Waals surface area contributed by atoms with Crippen molar-refractivity contribution >= 4 is 15.8 Å². The van der Waals surface area contributed by atoms with Crippen LogP contribution in [0.2, 0.25) is 0 Å². The first kappa shape index (κ1) is 25.9. The van der Waals surface area contributed by atoms with Crippen LogP contribution in [0.4, 0.5) is 0 Å². The Labute approximate surface area is 191 Å². The minimum atomic E-state index is -3.90. The van der Waals surface area contributed by atoms with Crippen LogP contribution in [0.1, 0.15) is 45.6 Å². The molecule has 0 aliphatic heterocycles. The second kappa shape index (κ2) is 11.5. The Bertz CT molecular complexity index is 946. The number of rotatable bonds is 11. The third-order valence-corrected chi connectivity index (χ3v) is 7.48. The number of unbranched alkanes of at least 4 members (excludes halogenated alkanes) is 1. The highest BCUT2D eigenvalue weighted by atomic mass is 32.2. The molecule has 0 aliphatic carbocycles. The summed E-state index contributed by atoms with van der Waals surface area (Å²) in [5.41, 5.74) is 0.389. The lowest BCUT2D eigenvalue weighted by molar-refractivity contribution is -0.161. The number of carbonyl (C=O) groups is 1. The van der Waals surface area contributed by atoms with Crippen LogP contribution in [0.15, 0.2) is 59.5 Å². The fourth-order valence-corrected chi connectivity index (χ4v) is 5.53. The van der Waals surface area contributed by atoms with E-state index in [0.29, 0.717) is 12.2 Å². The zero-order valence-electron chi connectivity index (χ0n) is 19.3. The molecule has 6 nitrogen and oxygen atoms in total. The third-order valence-electron chi connectivity index (χ3n) is 5.19. The van der Waals surface area contributed by atoms with Crippen LogP contribution in [0.25, 0.3) is 0 Å². The number of hydrogen-bond acceptors (Lipinski definition) is 6. The maximum atomic E-state index is 13.5. The monoisotopic (exact) mass is 462 g/mol. The van der Waals surface area contributed by atoms with E-state index in [-0.39, 0.29) is 11.3 Å². The number of carbonyl (C=O) groups excluding carboxylic acids is 1. The number of aryl methyl sites for hydroxylation is 1. The second-order valence-corrected chi connectivity index (χ2v) is 11.0. The molecule has 0 spiro atoms. The third kappa shape index (κ3) is 7.35. The van der Waals surface area contributed by atoms with Crippen molar-refractivity contribution in [2.45, 2.75) is 62.2 Å². The molecular formula is C25H34O6S. The lowest BCUT2D eigenvalue weighted by Crippen LogP contribution is -2.41. The Morgan fingerprint density at radius 3 is 2.16 bits per heavy atom. The lowest BCUT2D eigenvalue weighted by atomic mass is 9.99. The molecule has 176 valence electrons. The van der Waals surface area contributed by atoms with Crippen molar-refractivity contribution in [1.82, 2.24) is 0 Å². The van der Waals surface area contributed by atoms with Crippen molar-refractivity contribution in [3.05, 3.63) is 60.2 Å². The Morgan fingerprint density at radius 1 is 1.00 bits per heavy atom. The van der Waals surface area contributed by atoms with Crippen LogP contribution in [0.5, 0.6) is 5.75 Å². The van der Waals surface area contributed by atoms with Crippen molar-refractivity contribution in [1.29, 1.82) is 0 Å². The molecule has 0 aromatic heterocycles. The van der Waals surface area contributed by atoms with E-state index in [4.69, 9.17) is 9.47 Å². The Balaban J connectivity index is 2.26. The first-order chi connectivity index (χ1) is 15.1. The van der Waals surface area contributed by atoms with E-state index >= 15 is 0 Å². The van der Waals surface area contributed by atoms with Gasteiger partial charge in [-0.2, -0.15) is 0 Å². The first-order valence-electron chi connectivity index (χ1n) is 10.8. The van der Waals surface area contributed by atoms with Crippen LogP contribution in [-0.2, 0) is 25.8 Å². The van der Waals surface area contributed by atoms with E-state index in [2.05, 4.69) is 0 Å². The van der Waals surface area contributed by atoms with E-state index in [1.807, 2.05) is 30.3 Å². The maximum absolute atomic E-state index is 13.5. The van der Waals surface area contributed by atoms with Crippen molar-refractivity contribution in [3.63, 3.8) is 0 Å². The van der Waals surface area contributed by atoms with Crippen molar-refractivity contribution in [3.8, 4) is 5.75 Å². The summed E-state index contributed by atoms with van der Waals surface area (Å²) in [6.45, 7) is 4.54. The molecule has 0 bridgehead atoms. The highest BCUT2D eigenvalue weighted by molar-refractivity contribution is 7.92. The fraction of sp³-hybridized carbons (Fsp3) is 0.480. The molecule has 0 saturated carbocycles. The van der Waals surface area contributed by atoms with Gasteiger partial charge >= 0.3 is 5.97 Å². The predicted molar refractivity (Wildman–Crippen MR) is 124 cm³/mol.